The van der Waals surface area contributed by atoms with Gasteiger partial charge >= 0.3 is 0 Å². The molecule has 1 aliphatic heterocycles. The number of hydrogen-bond acceptors (Lipinski definition) is 7. The first-order chi connectivity index (χ1) is 12.0. The molecule has 132 valence electrons. The predicted molar refractivity (Wildman–Crippen MR) is 92.9 cm³/mol. The van der Waals surface area contributed by atoms with E-state index in [0.717, 1.165) is 12.8 Å². The van der Waals surface area contributed by atoms with Crippen LogP contribution in [-0.2, 0) is 9.59 Å². The second-order valence-corrected chi connectivity index (χ2v) is 6.85. The van der Waals surface area contributed by atoms with Crippen molar-refractivity contribution < 1.29 is 19.2 Å². The van der Waals surface area contributed by atoms with E-state index in [1.807, 2.05) is 0 Å². The molecule has 2 aliphatic rings. The first-order valence-electron chi connectivity index (χ1n) is 7.64. The maximum atomic E-state index is 12.2. The fraction of sp³-hybridized carbons (Fsp3) is 0.400. The van der Waals surface area contributed by atoms with Gasteiger partial charge < -0.3 is 15.4 Å². The molecule has 1 unspecified atom stereocenters. The number of carbonyl (C=O) groups excluding carboxylic acids is 2. The van der Waals surface area contributed by atoms with E-state index in [0.29, 0.717) is 10.9 Å². The summed E-state index contributed by atoms with van der Waals surface area (Å²) in [5, 5.41) is 16.2. The third-order valence-electron chi connectivity index (χ3n) is 3.67. The first kappa shape index (κ1) is 17.2. The Kier molecular flexibility index (Phi) is 4.88. The molecule has 2 fully saturated rings. The Balaban J connectivity index is 1.64. The SMILES string of the molecule is COc1ccc(NC(=O)CC2SC(=NC3CC3)NC2=O)c([N+](=O)[O-])c1. The highest BCUT2D eigenvalue weighted by molar-refractivity contribution is 8.15. The van der Waals surface area contributed by atoms with Crippen LogP contribution >= 0.6 is 11.8 Å². The molecule has 1 saturated heterocycles. The number of thioether (sulfide) groups is 1. The average molecular weight is 364 g/mol. The van der Waals surface area contributed by atoms with E-state index < -0.39 is 16.1 Å². The molecule has 0 radical (unpaired) electrons. The van der Waals surface area contributed by atoms with Crippen molar-refractivity contribution in [3.63, 3.8) is 0 Å². The van der Waals surface area contributed by atoms with Crippen molar-refractivity contribution >= 4 is 40.1 Å². The smallest absolute Gasteiger partial charge is 0.296 e. The lowest BCUT2D eigenvalue weighted by Gasteiger charge is -2.09. The summed E-state index contributed by atoms with van der Waals surface area (Å²) in [6.45, 7) is 0. The summed E-state index contributed by atoms with van der Waals surface area (Å²) in [5.41, 5.74) is -0.210. The number of nitro groups is 1. The highest BCUT2D eigenvalue weighted by Gasteiger charge is 2.34. The molecule has 1 aromatic rings. The quantitative estimate of drug-likeness (QED) is 0.585. The van der Waals surface area contributed by atoms with Gasteiger partial charge in [0, 0.05) is 6.42 Å². The van der Waals surface area contributed by atoms with Gasteiger partial charge in [-0.05, 0) is 25.0 Å². The third-order valence-corrected chi connectivity index (χ3v) is 4.77. The van der Waals surface area contributed by atoms with Crippen LogP contribution in [0.25, 0.3) is 0 Å². The van der Waals surface area contributed by atoms with Gasteiger partial charge in [-0.15, -0.1) is 0 Å². The summed E-state index contributed by atoms with van der Waals surface area (Å²) in [6.07, 6.45) is 1.95. The van der Waals surface area contributed by atoms with Gasteiger partial charge in [-0.1, -0.05) is 11.8 Å². The van der Waals surface area contributed by atoms with Gasteiger partial charge in [0.15, 0.2) is 5.17 Å². The topological polar surface area (TPSA) is 123 Å². The lowest BCUT2D eigenvalue weighted by molar-refractivity contribution is -0.384. The number of hydrogen-bond donors (Lipinski definition) is 2. The average Bonchev–Trinajstić information content (AvgIpc) is 3.31. The number of carbonyl (C=O) groups is 2. The number of rotatable bonds is 6. The van der Waals surface area contributed by atoms with E-state index >= 15 is 0 Å². The molecule has 9 nitrogen and oxygen atoms in total. The number of nitrogens with zero attached hydrogens (tertiary/aromatic N) is 2. The van der Waals surface area contributed by atoms with Crippen molar-refractivity contribution in [2.24, 2.45) is 4.99 Å². The van der Waals surface area contributed by atoms with Crippen molar-refractivity contribution in [1.29, 1.82) is 0 Å². The Morgan fingerprint density at radius 2 is 2.28 bits per heavy atom. The van der Waals surface area contributed by atoms with Gasteiger partial charge in [0.25, 0.3) is 5.69 Å². The van der Waals surface area contributed by atoms with Gasteiger partial charge in [0.1, 0.15) is 16.7 Å². The van der Waals surface area contributed by atoms with Crippen molar-refractivity contribution in [2.45, 2.75) is 30.6 Å². The molecule has 0 spiro atoms. The van der Waals surface area contributed by atoms with Gasteiger partial charge in [0.05, 0.1) is 24.1 Å². The van der Waals surface area contributed by atoms with Crippen LogP contribution < -0.4 is 15.4 Å². The molecule has 0 bridgehead atoms. The molecule has 2 amide bonds. The minimum Gasteiger partial charge on any atom is -0.496 e. The number of aliphatic imine (C=N–C) groups is 1. The van der Waals surface area contributed by atoms with Crippen molar-refractivity contribution in [3.05, 3.63) is 28.3 Å². The summed E-state index contributed by atoms with van der Waals surface area (Å²) in [4.78, 5) is 39.0. The van der Waals surface area contributed by atoms with Crippen LogP contribution in [0.5, 0.6) is 5.75 Å². The van der Waals surface area contributed by atoms with Gasteiger partial charge in [-0.3, -0.25) is 24.7 Å². The van der Waals surface area contributed by atoms with E-state index in [-0.39, 0.29) is 29.7 Å². The predicted octanol–water partition coefficient (Wildman–Crippen LogP) is 1.68. The number of nitrogens with one attached hydrogen (secondary N) is 2. The number of benzene rings is 1. The number of methoxy groups -OCH3 is 1. The molecule has 1 aromatic carbocycles. The first-order valence-corrected chi connectivity index (χ1v) is 8.52. The largest absolute Gasteiger partial charge is 0.496 e. The normalized spacial score (nSPS) is 21.1. The Morgan fingerprint density at radius 1 is 1.52 bits per heavy atom. The van der Waals surface area contributed by atoms with Gasteiger partial charge in [-0.2, -0.15) is 0 Å². The summed E-state index contributed by atoms with van der Waals surface area (Å²) in [7, 11) is 1.40. The van der Waals surface area contributed by atoms with Crippen LogP contribution in [-0.4, -0.2) is 40.3 Å². The minimum absolute atomic E-state index is 0.0612. The molecule has 1 heterocycles. The molecule has 3 rings (SSSR count). The summed E-state index contributed by atoms with van der Waals surface area (Å²) in [6, 6.07) is 4.42. The van der Waals surface area contributed by atoms with Crippen LogP contribution in [0.4, 0.5) is 11.4 Å². The van der Waals surface area contributed by atoms with Crippen LogP contribution in [0.15, 0.2) is 23.2 Å². The Bertz CT molecular complexity index is 762. The number of nitro benzene ring substituents is 1. The van der Waals surface area contributed by atoms with E-state index in [2.05, 4.69) is 15.6 Å². The van der Waals surface area contributed by atoms with E-state index in [9.17, 15) is 19.7 Å². The number of amides is 2. The Labute approximate surface area is 147 Å². The standard InChI is InChI=1S/C15H16N4O5S/c1-24-9-4-5-10(11(6-9)19(22)23)17-13(20)7-12-14(21)18-15(25-12)16-8-2-3-8/h4-6,8,12H,2-3,7H2,1H3,(H,17,20)(H,16,18,21). The zero-order valence-corrected chi connectivity index (χ0v) is 14.2. The number of amidine groups is 1. The second-order valence-electron chi connectivity index (χ2n) is 5.65. The molecule has 1 aliphatic carbocycles. The van der Waals surface area contributed by atoms with Gasteiger partial charge in [0.2, 0.25) is 11.8 Å². The Morgan fingerprint density at radius 3 is 2.92 bits per heavy atom. The highest BCUT2D eigenvalue weighted by Crippen LogP contribution is 2.31. The molecular formula is C15H16N4O5S. The van der Waals surface area contributed by atoms with Crippen LogP contribution in [0, 0.1) is 10.1 Å². The highest BCUT2D eigenvalue weighted by atomic mass is 32.2. The van der Waals surface area contributed by atoms with Crippen LogP contribution in [0.3, 0.4) is 0 Å². The van der Waals surface area contributed by atoms with Crippen molar-refractivity contribution in [1.82, 2.24) is 5.32 Å². The molecular weight excluding hydrogens is 348 g/mol. The summed E-state index contributed by atoms with van der Waals surface area (Å²) < 4.78 is 4.95. The fourth-order valence-corrected chi connectivity index (χ4v) is 3.27. The maximum absolute atomic E-state index is 12.2. The lowest BCUT2D eigenvalue weighted by atomic mass is 10.2. The molecule has 10 heteroatoms. The van der Waals surface area contributed by atoms with E-state index in [4.69, 9.17) is 4.74 Å². The number of anilines is 1. The monoisotopic (exact) mass is 364 g/mol. The second kappa shape index (κ2) is 7.09. The summed E-state index contributed by atoms with van der Waals surface area (Å²) >= 11 is 1.22. The molecule has 2 N–H and O–H groups in total. The fourth-order valence-electron chi connectivity index (χ4n) is 2.23. The summed E-state index contributed by atoms with van der Waals surface area (Å²) in [5.74, 6) is -0.436. The molecule has 25 heavy (non-hydrogen) atoms. The Hall–Kier alpha value is -2.62. The molecule has 1 atom stereocenters. The van der Waals surface area contributed by atoms with Crippen molar-refractivity contribution in [2.75, 3.05) is 12.4 Å². The maximum Gasteiger partial charge on any atom is 0.296 e. The zero-order chi connectivity index (χ0) is 18.0. The number of ether oxygens (including phenoxy) is 1. The third kappa shape index (κ3) is 4.27. The van der Waals surface area contributed by atoms with E-state index in [1.54, 1.807) is 0 Å². The zero-order valence-electron chi connectivity index (χ0n) is 13.4. The van der Waals surface area contributed by atoms with Crippen molar-refractivity contribution in [3.8, 4) is 5.75 Å². The van der Waals surface area contributed by atoms with E-state index in [1.165, 1.54) is 37.1 Å². The minimum atomic E-state index is -0.602. The van der Waals surface area contributed by atoms with Crippen LogP contribution in [0.1, 0.15) is 19.3 Å². The van der Waals surface area contributed by atoms with Gasteiger partial charge in [-0.25, -0.2) is 0 Å². The lowest BCUT2D eigenvalue weighted by Crippen LogP contribution is -2.28. The molecule has 1 saturated carbocycles. The van der Waals surface area contributed by atoms with Crippen LogP contribution in [0.2, 0.25) is 0 Å². The molecule has 0 aromatic heterocycles.